The normalized spacial score (nSPS) is 12.9. The van der Waals surface area contributed by atoms with E-state index in [1.54, 1.807) is 31.2 Å². The van der Waals surface area contributed by atoms with Crippen LogP contribution in [0.2, 0.25) is 0 Å². The number of esters is 1. The van der Waals surface area contributed by atoms with Crippen LogP contribution in [-0.2, 0) is 9.53 Å². The van der Waals surface area contributed by atoms with Crippen molar-refractivity contribution in [3.8, 4) is 0 Å². The van der Waals surface area contributed by atoms with Gasteiger partial charge in [-0.25, -0.2) is 4.79 Å². The Bertz CT molecular complexity index is 960. The van der Waals surface area contributed by atoms with Crippen molar-refractivity contribution in [1.82, 2.24) is 4.90 Å². The number of imide groups is 1. The summed E-state index contributed by atoms with van der Waals surface area (Å²) >= 11 is 1.32. The molecule has 0 aliphatic carbocycles. The number of nitrogens with zero attached hydrogens (tertiary/aromatic N) is 1. The number of hydrogen-bond donors (Lipinski definition) is 1. The summed E-state index contributed by atoms with van der Waals surface area (Å²) in [4.78, 5) is 51.4. The molecule has 0 atom stereocenters. The molecule has 1 aliphatic heterocycles. The third kappa shape index (κ3) is 4.07. The number of carbonyl (C=O) groups excluding carboxylic acids is 4. The summed E-state index contributed by atoms with van der Waals surface area (Å²) in [6.07, 6.45) is 0.445. The Kier molecular flexibility index (Phi) is 6.12. The molecule has 3 rings (SSSR count). The fraction of sp³-hybridized carbons (Fsp3) is 0.333. The van der Waals surface area contributed by atoms with Crippen molar-refractivity contribution in [1.29, 1.82) is 0 Å². The average molecular weight is 414 g/mol. The highest BCUT2D eigenvalue weighted by molar-refractivity contribution is 7.16. The molecule has 7 nitrogen and oxygen atoms in total. The number of nitrogens with one attached hydrogen (secondary N) is 1. The summed E-state index contributed by atoms with van der Waals surface area (Å²) < 4.78 is 5.08. The van der Waals surface area contributed by atoms with Crippen molar-refractivity contribution < 1.29 is 23.9 Å². The molecule has 1 aromatic carbocycles. The predicted octanol–water partition coefficient (Wildman–Crippen LogP) is 3.56. The molecule has 3 amide bonds. The van der Waals surface area contributed by atoms with Crippen LogP contribution in [0.1, 0.15) is 61.3 Å². The summed E-state index contributed by atoms with van der Waals surface area (Å²) in [5, 5.41) is 3.23. The Morgan fingerprint density at radius 3 is 2.31 bits per heavy atom. The molecule has 8 heteroatoms. The minimum Gasteiger partial charge on any atom is -0.462 e. The first-order valence-corrected chi connectivity index (χ1v) is 10.2. The number of anilines is 1. The molecule has 29 heavy (non-hydrogen) atoms. The summed E-state index contributed by atoms with van der Waals surface area (Å²) in [6, 6.07) is 6.68. The van der Waals surface area contributed by atoms with E-state index in [1.165, 1.54) is 16.2 Å². The minimum atomic E-state index is -0.462. The quantitative estimate of drug-likeness (QED) is 0.552. The van der Waals surface area contributed by atoms with Gasteiger partial charge in [0.05, 0.1) is 23.3 Å². The lowest BCUT2D eigenvalue weighted by Gasteiger charge is -2.13. The number of amides is 3. The van der Waals surface area contributed by atoms with E-state index in [-0.39, 0.29) is 37.3 Å². The second kappa shape index (κ2) is 8.57. The van der Waals surface area contributed by atoms with E-state index in [2.05, 4.69) is 5.32 Å². The molecule has 0 bridgehead atoms. The molecule has 0 fully saturated rings. The van der Waals surface area contributed by atoms with Crippen molar-refractivity contribution in [2.24, 2.45) is 0 Å². The van der Waals surface area contributed by atoms with Gasteiger partial charge in [0, 0.05) is 17.8 Å². The van der Waals surface area contributed by atoms with E-state index in [0.717, 1.165) is 10.4 Å². The Morgan fingerprint density at radius 2 is 1.72 bits per heavy atom. The number of fused-ring (bicyclic) bond motifs is 1. The number of carbonyl (C=O) groups is 4. The van der Waals surface area contributed by atoms with Crippen LogP contribution in [0.5, 0.6) is 0 Å². The van der Waals surface area contributed by atoms with Gasteiger partial charge >= 0.3 is 5.97 Å². The zero-order chi connectivity index (χ0) is 21.1. The lowest BCUT2D eigenvalue weighted by Crippen LogP contribution is -2.31. The first-order chi connectivity index (χ1) is 13.8. The maximum Gasteiger partial charge on any atom is 0.341 e. The van der Waals surface area contributed by atoms with Gasteiger partial charge < -0.3 is 10.1 Å². The number of thiophene rings is 1. The van der Waals surface area contributed by atoms with Gasteiger partial charge in [-0.15, -0.1) is 11.3 Å². The molecule has 0 unspecified atom stereocenters. The second-order valence-electron chi connectivity index (χ2n) is 6.67. The third-order valence-corrected chi connectivity index (χ3v) is 5.90. The fourth-order valence-electron chi connectivity index (χ4n) is 3.19. The van der Waals surface area contributed by atoms with Crippen LogP contribution in [-0.4, -0.2) is 41.7 Å². The van der Waals surface area contributed by atoms with Crippen LogP contribution in [0, 0.1) is 13.8 Å². The molecule has 152 valence electrons. The Labute approximate surface area is 172 Å². The fourth-order valence-corrected chi connectivity index (χ4v) is 4.26. The molecule has 1 N–H and O–H groups in total. The van der Waals surface area contributed by atoms with Crippen LogP contribution in [0.3, 0.4) is 0 Å². The Morgan fingerprint density at radius 1 is 1.10 bits per heavy atom. The van der Waals surface area contributed by atoms with Crippen molar-refractivity contribution in [2.75, 3.05) is 18.5 Å². The zero-order valence-electron chi connectivity index (χ0n) is 16.5. The van der Waals surface area contributed by atoms with Gasteiger partial charge in [0.1, 0.15) is 5.00 Å². The summed E-state index contributed by atoms with van der Waals surface area (Å²) in [6.45, 7) is 5.83. The first kappa shape index (κ1) is 20.7. The van der Waals surface area contributed by atoms with Gasteiger partial charge in [-0.3, -0.25) is 19.3 Å². The molecule has 2 aromatic rings. The van der Waals surface area contributed by atoms with Gasteiger partial charge in [-0.05, 0) is 44.9 Å². The predicted molar refractivity (Wildman–Crippen MR) is 109 cm³/mol. The maximum atomic E-state index is 12.4. The summed E-state index contributed by atoms with van der Waals surface area (Å²) in [7, 11) is 0. The molecular weight excluding hydrogens is 392 g/mol. The van der Waals surface area contributed by atoms with Crippen molar-refractivity contribution in [3.05, 3.63) is 51.4 Å². The first-order valence-electron chi connectivity index (χ1n) is 9.37. The van der Waals surface area contributed by atoms with Gasteiger partial charge in [0.25, 0.3) is 11.8 Å². The highest BCUT2D eigenvalue weighted by Gasteiger charge is 2.34. The zero-order valence-corrected chi connectivity index (χ0v) is 17.4. The average Bonchev–Trinajstić information content (AvgIpc) is 3.10. The molecule has 0 saturated heterocycles. The largest absolute Gasteiger partial charge is 0.462 e. The second-order valence-corrected chi connectivity index (χ2v) is 7.89. The van der Waals surface area contributed by atoms with E-state index in [9.17, 15) is 19.2 Å². The number of benzene rings is 1. The van der Waals surface area contributed by atoms with Gasteiger partial charge in [0.2, 0.25) is 5.91 Å². The van der Waals surface area contributed by atoms with Crippen molar-refractivity contribution in [3.63, 3.8) is 0 Å². The summed E-state index contributed by atoms with van der Waals surface area (Å²) in [5.41, 5.74) is 1.95. The van der Waals surface area contributed by atoms with E-state index < -0.39 is 5.97 Å². The van der Waals surface area contributed by atoms with E-state index in [1.807, 2.05) is 13.8 Å². The van der Waals surface area contributed by atoms with E-state index >= 15 is 0 Å². The van der Waals surface area contributed by atoms with Crippen LogP contribution in [0.15, 0.2) is 24.3 Å². The van der Waals surface area contributed by atoms with Crippen LogP contribution < -0.4 is 5.32 Å². The van der Waals surface area contributed by atoms with Gasteiger partial charge in [-0.1, -0.05) is 12.1 Å². The number of aryl methyl sites for hydroxylation is 1. The lowest BCUT2D eigenvalue weighted by molar-refractivity contribution is -0.116. The Balaban J connectivity index is 1.59. The highest BCUT2D eigenvalue weighted by atomic mass is 32.1. The van der Waals surface area contributed by atoms with Crippen LogP contribution >= 0.6 is 11.3 Å². The van der Waals surface area contributed by atoms with Crippen molar-refractivity contribution in [2.45, 2.75) is 33.6 Å². The summed E-state index contributed by atoms with van der Waals surface area (Å²) in [5.74, 6) is -1.41. The Hall–Kier alpha value is -3.00. The lowest BCUT2D eigenvalue weighted by atomic mass is 10.1. The molecule has 0 radical (unpaired) electrons. The monoisotopic (exact) mass is 414 g/mol. The molecule has 2 heterocycles. The van der Waals surface area contributed by atoms with Gasteiger partial charge in [-0.2, -0.15) is 0 Å². The number of rotatable bonds is 7. The van der Waals surface area contributed by atoms with Crippen LogP contribution in [0.4, 0.5) is 5.00 Å². The number of hydrogen-bond acceptors (Lipinski definition) is 6. The van der Waals surface area contributed by atoms with E-state index in [0.29, 0.717) is 28.1 Å². The molecule has 0 spiro atoms. The van der Waals surface area contributed by atoms with Crippen molar-refractivity contribution >= 4 is 40.0 Å². The smallest absolute Gasteiger partial charge is 0.341 e. The van der Waals surface area contributed by atoms with E-state index in [4.69, 9.17) is 4.74 Å². The van der Waals surface area contributed by atoms with Crippen LogP contribution in [0.25, 0.3) is 0 Å². The minimum absolute atomic E-state index is 0.117. The third-order valence-electron chi connectivity index (χ3n) is 4.78. The SMILES string of the molecule is CCOC(=O)c1c(NC(=O)CCCN2C(=O)c3ccccc3C2=O)sc(C)c1C. The molecule has 1 aromatic heterocycles. The molecule has 0 saturated carbocycles. The standard InChI is InChI=1S/C21H22N2O5S/c1-4-28-21(27)17-12(2)13(3)29-18(17)22-16(24)10-7-11-23-19(25)14-8-5-6-9-15(14)20(23)26/h5-6,8-9H,4,7,10-11H2,1-3H3,(H,22,24). The molecular formula is C21H22N2O5S. The molecule has 1 aliphatic rings. The maximum absolute atomic E-state index is 12.4. The van der Waals surface area contributed by atoms with Gasteiger partial charge in [0.15, 0.2) is 0 Å². The highest BCUT2D eigenvalue weighted by Crippen LogP contribution is 2.33. The topological polar surface area (TPSA) is 92.8 Å². The number of ether oxygens (including phenoxy) is 1.